The Labute approximate surface area is 105 Å². The Morgan fingerprint density at radius 1 is 0.944 bits per heavy atom. The summed E-state index contributed by atoms with van der Waals surface area (Å²) in [5.41, 5.74) is 0.593. The first-order chi connectivity index (χ1) is 8.58. The van der Waals surface area contributed by atoms with Gasteiger partial charge in [-0.05, 0) is 29.8 Å². The smallest absolute Gasteiger partial charge is 0.262 e. The molecular weight excluding hydrogens is 255 g/mol. The summed E-state index contributed by atoms with van der Waals surface area (Å²) in [6, 6.07) is 13.4. The summed E-state index contributed by atoms with van der Waals surface area (Å²) >= 11 is 0. The fraction of sp³-hybridized carbons (Fsp3) is 0.0769. The van der Waals surface area contributed by atoms with E-state index < -0.39 is 10.1 Å². The normalized spacial score (nSPS) is 11.4. The molecule has 0 saturated carbocycles. The van der Waals surface area contributed by atoms with Crippen molar-refractivity contribution >= 4 is 10.1 Å². The van der Waals surface area contributed by atoms with E-state index in [0.717, 1.165) is 0 Å². The van der Waals surface area contributed by atoms with Crippen LogP contribution in [0.1, 0.15) is 5.56 Å². The van der Waals surface area contributed by atoms with Crippen molar-refractivity contribution in [2.24, 2.45) is 0 Å². The summed E-state index contributed by atoms with van der Waals surface area (Å²) in [5.74, 6) is -0.371. The van der Waals surface area contributed by atoms with E-state index in [1.165, 1.54) is 36.4 Å². The van der Waals surface area contributed by atoms with Gasteiger partial charge in [0.05, 0.1) is 11.5 Å². The van der Waals surface area contributed by atoms with Gasteiger partial charge in [-0.3, -0.25) is 4.18 Å². The lowest BCUT2D eigenvalue weighted by Crippen LogP contribution is -2.06. The van der Waals surface area contributed by atoms with E-state index in [-0.39, 0.29) is 17.3 Å². The van der Waals surface area contributed by atoms with Gasteiger partial charge in [-0.1, -0.05) is 30.3 Å². The van der Waals surface area contributed by atoms with Crippen molar-refractivity contribution in [3.05, 3.63) is 66.0 Å². The van der Waals surface area contributed by atoms with Crippen LogP contribution in [0.25, 0.3) is 0 Å². The third kappa shape index (κ3) is 3.15. The largest absolute Gasteiger partial charge is 0.297 e. The van der Waals surface area contributed by atoms with Crippen LogP contribution in [0.3, 0.4) is 0 Å². The molecule has 0 amide bonds. The molecule has 0 bridgehead atoms. The monoisotopic (exact) mass is 266 g/mol. The molecule has 94 valence electrons. The predicted octanol–water partition coefficient (Wildman–Crippen LogP) is 2.73. The first kappa shape index (κ1) is 12.7. The van der Waals surface area contributed by atoms with Gasteiger partial charge >= 0.3 is 0 Å². The highest BCUT2D eigenvalue weighted by atomic mass is 32.2. The fourth-order valence-electron chi connectivity index (χ4n) is 1.38. The summed E-state index contributed by atoms with van der Waals surface area (Å²) in [5, 5.41) is 0. The van der Waals surface area contributed by atoms with Crippen LogP contribution in [0.2, 0.25) is 0 Å². The summed E-state index contributed by atoms with van der Waals surface area (Å²) in [6.07, 6.45) is 0. The van der Waals surface area contributed by atoms with Crippen LogP contribution in [0.15, 0.2) is 59.5 Å². The minimum atomic E-state index is -3.76. The van der Waals surface area contributed by atoms with Crippen LogP contribution in [-0.2, 0) is 20.9 Å². The van der Waals surface area contributed by atoms with Crippen molar-refractivity contribution in [3.8, 4) is 0 Å². The zero-order valence-corrected chi connectivity index (χ0v) is 10.2. The van der Waals surface area contributed by atoms with Crippen LogP contribution >= 0.6 is 0 Å². The molecule has 0 aliphatic rings. The van der Waals surface area contributed by atoms with Crippen LogP contribution < -0.4 is 0 Å². The lowest BCUT2D eigenvalue weighted by atomic mass is 10.2. The molecule has 0 saturated heterocycles. The van der Waals surface area contributed by atoms with Crippen molar-refractivity contribution in [1.82, 2.24) is 0 Å². The van der Waals surface area contributed by atoms with Gasteiger partial charge < -0.3 is 0 Å². The van der Waals surface area contributed by atoms with E-state index in [2.05, 4.69) is 0 Å². The Balaban J connectivity index is 2.08. The van der Waals surface area contributed by atoms with Gasteiger partial charge in [0.15, 0.2) is 0 Å². The minimum Gasteiger partial charge on any atom is -0.262 e. The van der Waals surface area contributed by atoms with Crippen LogP contribution in [0.5, 0.6) is 0 Å². The average Bonchev–Trinajstić information content (AvgIpc) is 2.39. The number of benzene rings is 2. The number of hydrogen-bond acceptors (Lipinski definition) is 3. The highest BCUT2D eigenvalue weighted by molar-refractivity contribution is 7.86. The first-order valence-corrected chi connectivity index (χ1v) is 6.68. The zero-order valence-electron chi connectivity index (χ0n) is 9.41. The third-order valence-corrected chi connectivity index (χ3v) is 3.60. The van der Waals surface area contributed by atoms with E-state index in [4.69, 9.17) is 4.18 Å². The van der Waals surface area contributed by atoms with Crippen molar-refractivity contribution in [2.75, 3.05) is 0 Å². The standard InChI is InChI=1S/C13H11FO3S/c14-12-8-6-11(7-9-12)10-17-18(15,16)13-4-2-1-3-5-13/h1-9H,10H2. The third-order valence-electron chi connectivity index (χ3n) is 2.33. The molecule has 0 aliphatic carbocycles. The van der Waals surface area contributed by atoms with E-state index in [9.17, 15) is 12.8 Å². The molecule has 0 atom stereocenters. The maximum Gasteiger partial charge on any atom is 0.297 e. The molecule has 0 fully saturated rings. The van der Waals surface area contributed by atoms with Crippen LogP contribution in [0.4, 0.5) is 4.39 Å². The Hall–Kier alpha value is -1.72. The Morgan fingerprint density at radius 3 is 2.17 bits per heavy atom. The lowest BCUT2D eigenvalue weighted by molar-refractivity contribution is 0.308. The maximum atomic E-state index is 12.7. The van der Waals surface area contributed by atoms with Gasteiger partial charge in [-0.15, -0.1) is 0 Å². The van der Waals surface area contributed by atoms with Crippen molar-refractivity contribution in [1.29, 1.82) is 0 Å². The quantitative estimate of drug-likeness (QED) is 0.799. The molecule has 2 rings (SSSR count). The van der Waals surface area contributed by atoms with E-state index in [1.807, 2.05) is 0 Å². The summed E-state index contributed by atoms with van der Waals surface area (Å²) in [6.45, 7) is -0.114. The van der Waals surface area contributed by atoms with E-state index in [1.54, 1.807) is 18.2 Å². The van der Waals surface area contributed by atoms with E-state index >= 15 is 0 Å². The van der Waals surface area contributed by atoms with E-state index in [0.29, 0.717) is 5.56 Å². The fourth-order valence-corrected chi connectivity index (χ4v) is 2.30. The van der Waals surface area contributed by atoms with Gasteiger partial charge in [-0.25, -0.2) is 4.39 Å². The molecule has 5 heteroatoms. The van der Waals surface area contributed by atoms with Gasteiger partial charge in [0, 0.05) is 0 Å². The highest BCUT2D eigenvalue weighted by Crippen LogP contribution is 2.14. The molecule has 2 aromatic rings. The van der Waals surface area contributed by atoms with Gasteiger partial charge in [0.25, 0.3) is 10.1 Å². The zero-order chi connectivity index (χ0) is 13.0. The van der Waals surface area contributed by atoms with Gasteiger partial charge in [0.1, 0.15) is 5.82 Å². The second-order valence-corrected chi connectivity index (χ2v) is 5.27. The van der Waals surface area contributed by atoms with Gasteiger partial charge in [-0.2, -0.15) is 8.42 Å². The first-order valence-electron chi connectivity index (χ1n) is 5.27. The topological polar surface area (TPSA) is 43.4 Å². The summed E-state index contributed by atoms with van der Waals surface area (Å²) in [7, 11) is -3.76. The van der Waals surface area contributed by atoms with Crippen LogP contribution in [0, 0.1) is 5.82 Å². The van der Waals surface area contributed by atoms with Crippen molar-refractivity contribution in [2.45, 2.75) is 11.5 Å². The van der Waals surface area contributed by atoms with Crippen molar-refractivity contribution < 1.29 is 17.0 Å². The number of halogens is 1. The predicted molar refractivity (Wildman–Crippen MR) is 64.8 cm³/mol. The minimum absolute atomic E-state index is 0.104. The molecule has 18 heavy (non-hydrogen) atoms. The molecule has 0 radical (unpaired) electrons. The average molecular weight is 266 g/mol. The summed E-state index contributed by atoms with van der Waals surface area (Å²) < 4.78 is 41.1. The SMILES string of the molecule is O=S(=O)(OCc1ccc(F)cc1)c1ccccc1. The number of hydrogen-bond donors (Lipinski definition) is 0. The Bertz CT molecular complexity index is 606. The number of rotatable bonds is 4. The molecule has 3 nitrogen and oxygen atoms in total. The molecule has 0 spiro atoms. The molecule has 0 aromatic heterocycles. The molecule has 0 aliphatic heterocycles. The molecule has 0 unspecified atom stereocenters. The maximum absolute atomic E-state index is 12.7. The van der Waals surface area contributed by atoms with Crippen molar-refractivity contribution in [3.63, 3.8) is 0 Å². The summed E-state index contributed by atoms with van der Waals surface area (Å²) in [4.78, 5) is 0.104. The molecular formula is C13H11FO3S. The second-order valence-electron chi connectivity index (χ2n) is 3.66. The Kier molecular flexibility index (Phi) is 3.74. The van der Waals surface area contributed by atoms with Crippen LogP contribution in [-0.4, -0.2) is 8.42 Å². The second kappa shape index (κ2) is 5.29. The molecule has 2 aromatic carbocycles. The molecule has 0 N–H and O–H groups in total. The Morgan fingerprint density at radius 2 is 1.56 bits per heavy atom. The lowest BCUT2D eigenvalue weighted by Gasteiger charge is -2.05. The highest BCUT2D eigenvalue weighted by Gasteiger charge is 2.14. The molecule has 0 heterocycles. The van der Waals surface area contributed by atoms with Gasteiger partial charge in [0.2, 0.25) is 0 Å².